The van der Waals surface area contributed by atoms with Gasteiger partial charge in [0.15, 0.2) is 5.69 Å². The number of aliphatic hydroxyl groups is 1. The highest BCUT2D eigenvalue weighted by atomic mass is 32.1. The summed E-state index contributed by atoms with van der Waals surface area (Å²) in [6.07, 6.45) is 1.70. The van der Waals surface area contributed by atoms with E-state index in [0.29, 0.717) is 6.54 Å². The second-order valence-electron chi connectivity index (χ2n) is 4.98. The Kier molecular flexibility index (Phi) is 5.16. The van der Waals surface area contributed by atoms with Gasteiger partial charge in [-0.25, -0.2) is 4.68 Å². The molecule has 0 aromatic carbocycles. The summed E-state index contributed by atoms with van der Waals surface area (Å²) in [7, 11) is 0. The van der Waals surface area contributed by atoms with Crippen LogP contribution in [0.15, 0.2) is 40.5 Å². The molecular weight excluding hydrogens is 332 g/mol. The molecule has 1 unspecified atom stereocenters. The topological polar surface area (TPSA) is 80.0 Å². The van der Waals surface area contributed by atoms with Crippen LogP contribution in [-0.4, -0.2) is 32.6 Å². The lowest BCUT2D eigenvalue weighted by Gasteiger charge is -2.07. The first-order valence-corrected chi connectivity index (χ1v) is 8.95. The molecule has 2 N–H and O–H groups in total. The highest BCUT2D eigenvalue weighted by Gasteiger charge is 2.14. The summed E-state index contributed by atoms with van der Waals surface area (Å²) in [5.74, 6) is -0.252. The van der Waals surface area contributed by atoms with E-state index >= 15 is 0 Å². The Hall–Kier alpha value is -2.03. The number of hydrogen-bond donors (Lipinski definition) is 2. The largest absolute Gasteiger partial charge is 0.386 e. The number of thiophene rings is 2. The summed E-state index contributed by atoms with van der Waals surface area (Å²) >= 11 is 3.20. The SMILES string of the molecule is O=C(NCCc1cccs1)c1cn(CC(O)c2ccsc2)nn1. The highest BCUT2D eigenvalue weighted by Crippen LogP contribution is 2.17. The number of rotatable bonds is 7. The van der Waals surface area contributed by atoms with Gasteiger partial charge in [-0.1, -0.05) is 11.3 Å². The van der Waals surface area contributed by atoms with Crippen molar-refractivity contribution in [2.45, 2.75) is 19.1 Å². The summed E-state index contributed by atoms with van der Waals surface area (Å²) in [6, 6.07) is 5.90. The molecule has 0 saturated heterocycles. The third-order valence-corrected chi connectivity index (χ3v) is 4.93. The Morgan fingerprint density at radius 2 is 2.30 bits per heavy atom. The molecule has 120 valence electrons. The van der Waals surface area contributed by atoms with Crippen molar-refractivity contribution in [2.75, 3.05) is 6.54 Å². The number of hydrogen-bond acceptors (Lipinski definition) is 6. The van der Waals surface area contributed by atoms with Gasteiger partial charge in [0, 0.05) is 11.4 Å². The van der Waals surface area contributed by atoms with Crippen molar-refractivity contribution in [3.05, 3.63) is 56.7 Å². The zero-order chi connectivity index (χ0) is 16.1. The normalized spacial score (nSPS) is 12.2. The van der Waals surface area contributed by atoms with E-state index in [9.17, 15) is 9.90 Å². The van der Waals surface area contributed by atoms with Crippen molar-refractivity contribution >= 4 is 28.6 Å². The molecule has 1 atom stereocenters. The molecule has 3 aromatic heterocycles. The van der Waals surface area contributed by atoms with Crippen LogP contribution in [0, 0.1) is 0 Å². The van der Waals surface area contributed by atoms with Gasteiger partial charge in [-0.3, -0.25) is 4.79 Å². The van der Waals surface area contributed by atoms with Gasteiger partial charge in [0.25, 0.3) is 5.91 Å². The number of nitrogens with one attached hydrogen (secondary N) is 1. The first-order valence-electron chi connectivity index (χ1n) is 7.13. The average molecular weight is 348 g/mol. The maximum Gasteiger partial charge on any atom is 0.273 e. The second-order valence-corrected chi connectivity index (χ2v) is 6.80. The molecule has 3 heterocycles. The van der Waals surface area contributed by atoms with Crippen molar-refractivity contribution < 1.29 is 9.90 Å². The Morgan fingerprint density at radius 3 is 3.04 bits per heavy atom. The van der Waals surface area contributed by atoms with Crippen LogP contribution in [0.25, 0.3) is 0 Å². The minimum absolute atomic E-state index is 0.252. The fourth-order valence-corrected chi connectivity index (χ4v) is 3.50. The molecule has 8 heteroatoms. The van der Waals surface area contributed by atoms with Gasteiger partial charge in [-0.05, 0) is 40.3 Å². The van der Waals surface area contributed by atoms with Crippen LogP contribution in [0.4, 0.5) is 0 Å². The van der Waals surface area contributed by atoms with Gasteiger partial charge in [-0.15, -0.1) is 16.4 Å². The first kappa shape index (κ1) is 15.9. The molecule has 3 aromatic rings. The van der Waals surface area contributed by atoms with Crippen LogP contribution >= 0.6 is 22.7 Å². The molecule has 0 radical (unpaired) electrons. The van der Waals surface area contributed by atoms with Crippen molar-refractivity contribution in [1.29, 1.82) is 0 Å². The smallest absolute Gasteiger partial charge is 0.273 e. The van der Waals surface area contributed by atoms with Crippen LogP contribution in [0.1, 0.15) is 27.0 Å². The number of aliphatic hydroxyl groups excluding tert-OH is 1. The van der Waals surface area contributed by atoms with E-state index in [4.69, 9.17) is 0 Å². The molecule has 0 bridgehead atoms. The zero-order valence-electron chi connectivity index (χ0n) is 12.3. The monoisotopic (exact) mass is 348 g/mol. The number of carbonyl (C=O) groups is 1. The van der Waals surface area contributed by atoms with E-state index in [1.165, 1.54) is 20.9 Å². The van der Waals surface area contributed by atoms with Crippen molar-refractivity contribution in [3.8, 4) is 0 Å². The number of amides is 1. The lowest BCUT2D eigenvalue weighted by atomic mass is 10.2. The number of carbonyl (C=O) groups excluding carboxylic acids is 1. The predicted octanol–water partition coefficient (Wildman–Crippen LogP) is 2.11. The maximum atomic E-state index is 12.0. The van der Waals surface area contributed by atoms with E-state index in [0.717, 1.165) is 12.0 Å². The summed E-state index contributed by atoms with van der Waals surface area (Å²) < 4.78 is 1.48. The van der Waals surface area contributed by atoms with Gasteiger partial charge >= 0.3 is 0 Å². The van der Waals surface area contributed by atoms with Gasteiger partial charge < -0.3 is 10.4 Å². The molecule has 23 heavy (non-hydrogen) atoms. The molecule has 0 fully saturated rings. The average Bonchev–Trinajstić information content (AvgIpc) is 3.29. The number of nitrogens with zero attached hydrogens (tertiary/aromatic N) is 3. The third kappa shape index (κ3) is 4.25. The van der Waals surface area contributed by atoms with E-state index in [1.54, 1.807) is 17.5 Å². The van der Waals surface area contributed by atoms with Crippen LogP contribution < -0.4 is 5.32 Å². The van der Waals surface area contributed by atoms with Crippen LogP contribution in [0.5, 0.6) is 0 Å². The minimum atomic E-state index is -0.655. The molecule has 3 rings (SSSR count). The molecule has 6 nitrogen and oxygen atoms in total. The highest BCUT2D eigenvalue weighted by molar-refractivity contribution is 7.09. The Labute approximate surface area is 141 Å². The summed E-state index contributed by atoms with van der Waals surface area (Å²) in [4.78, 5) is 13.2. The Balaban J connectivity index is 1.50. The quantitative estimate of drug-likeness (QED) is 0.685. The summed E-state index contributed by atoms with van der Waals surface area (Å²) in [6.45, 7) is 0.829. The van der Waals surface area contributed by atoms with Crippen molar-refractivity contribution in [2.24, 2.45) is 0 Å². The fraction of sp³-hybridized carbons (Fsp3) is 0.267. The maximum absolute atomic E-state index is 12.0. The van der Waals surface area contributed by atoms with E-state index in [-0.39, 0.29) is 18.1 Å². The predicted molar refractivity (Wildman–Crippen MR) is 89.7 cm³/mol. The van der Waals surface area contributed by atoms with E-state index in [1.807, 2.05) is 34.3 Å². The number of aromatic nitrogens is 3. The Bertz CT molecular complexity index is 737. The lowest BCUT2D eigenvalue weighted by Crippen LogP contribution is -2.25. The standard InChI is InChI=1S/C15H16N4O2S2/c20-14(11-4-7-22-10-11)9-19-8-13(17-18-19)15(21)16-5-3-12-2-1-6-23-12/h1-2,4,6-8,10,14,20H,3,5,9H2,(H,16,21). The molecule has 0 saturated carbocycles. The van der Waals surface area contributed by atoms with E-state index in [2.05, 4.69) is 15.6 Å². The van der Waals surface area contributed by atoms with Gasteiger partial charge in [0.2, 0.25) is 0 Å². The molecule has 0 aliphatic rings. The van der Waals surface area contributed by atoms with Crippen molar-refractivity contribution in [3.63, 3.8) is 0 Å². The lowest BCUT2D eigenvalue weighted by molar-refractivity contribution is 0.0949. The van der Waals surface area contributed by atoms with Gasteiger partial charge in [0.1, 0.15) is 0 Å². The zero-order valence-corrected chi connectivity index (χ0v) is 13.9. The third-order valence-electron chi connectivity index (χ3n) is 3.30. The Morgan fingerprint density at radius 1 is 1.39 bits per heavy atom. The summed E-state index contributed by atoms with van der Waals surface area (Å²) in [5.41, 5.74) is 1.10. The molecule has 0 aliphatic carbocycles. The van der Waals surface area contributed by atoms with Gasteiger partial charge in [-0.2, -0.15) is 11.3 Å². The summed E-state index contributed by atoms with van der Waals surface area (Å²) in [5, 5.41) is 26.5. The second kappa shape index (κ2) is 7.49. The molecule has 1 amide bonds. The van der Waals surface area contributed by atoms with E-state index < -0.39 is 6.10 Å². The first-order chi connectivity index (χ1) is 11.2. The van der Waals surface area contributed by atoms with Crippen molar-refractivity contribution in [1.82, 2.24) is 20.3 Å². The van der Waals surface area contributed by atoms with Crippen LogP contribution in [0.3, 0.4) is 0 Å². The van der Waals surface area contributed by atoms with Gasteiger partial charge in [0.05, 0.1) is 18.8 Å². The van der Waals surface area contributed by atoms with Crippen LogP contribution in [0.2, 0.25) is 0 Å². The molecule has 0 aliphatic heterocycles. The van der Waals surface area contributed by atoms with Crippen LogP contribution in [-0.2, 0) is 13.0 Å². The molecular formula is C15H16N4O2S2. The fourth-order valence-electron chi connectivity index (χ4n) is 2.08. The molecule has 0 spiro atoms. The minimum Gasteiger partial charge on any atom is -0.386 e.